The zero-order valence-corrected chi connectivity index (χ0v) is 12.8. The molecule has 2 aromatic carbocycles. The van der Waals surface area contributed by atoms with Crippen LogP contribution in [0.25, 0.3) is 10.8 Å². The first kappa shape index (κ1) is 13.3. The van der Waals surface area contributed by atoms with Crippen LogP contribution >= 0.6 is 15.9 Å². The lowest BCUT2D eigenvalue weighted by molar-refractivity contribution is 0.862. The summed E-state index contributed by atoms with van der Waals surface area (Å²) in [6.45, 7) is 2.03. The van der Waals surface area contributed by atoms with Crippen molar-refractivity contribution in [2.45, 2.75) is 13.0 Å². The molecular formula is C17H15BrN2. The highest BCUT2D eigenvalue weighted by atomic mass is 79.9. The number of hydrogen-bond acceptors (Lipinski definition) is 2. The van der Waals surface area contributed by atoms with Gasteiger partial charge in [-0.2, -0.15) is 0 Å². The van der Waals surface area contributed by atoms with Crippen molar-refractivity contribution in [2.75, 3.05) is 0 Å². The lowest BCUT2D eigenvalue weighted by atomic mass is 9.97. The number of nitrogens with two attached hydrogens (primary N) is 1. The summed E-state index contributed by atoms with van der Waals surface area (Å²) in [4.78, 5) is 4.22. The minimum Gasteiger partial charge on any atom is -0.320 e. The molecule has 0 aliphatic rings. The second kappa shape index (κ2) is 5.35. The van der Waals surface area contributed by atoms with Crippen molar-refractivity contribution < 1.29 is 0 Å². The van der Waals surface area contributed by atoms with E-state index in [1.54, 1.807) is 0 Å². The number of rotatable bonds is 2. The highest BCUT2D eigenvalue weighted by Crippen LogP contribution is 2.25. The van der Waals surface area contributed by atoms with Crippen molar-refractivity contribution in [1.29, 1.82) is 0 Å². The van der Waals surface area contributed by atoms with Gasteiger partial charge < -0.3 is 5.73 Å². The van der Waals surface area contributed by atoms with Crippen LogP contribution in [0.5, 0.6) is 0 Å². The van der Waals surface area contributed by atoms with Gasteiger partial charge in [0, 0.05) is 16.9 Å². The topological polar surface area (TPSA) is 38.9 Å². The Bertz CT molecular complexity index is 768. The highest BCUT2D eigenvalue weighted by molar-refractivity contribution is 9.10. The standard InChI is InChI=1S/C17H15BrN2/c1-11-6-15(10-20-9-11)17(19)14-3-2-13-8-16(18)5-4-12(13)7-14/h2-10,17H,19H2,1H3. The van der Waals surface area contributed by atoms with Crippen molar-refractivity contribution in [2.24, 2.45) is 5.73 Å². The second-order valence-electron chi connectivity index (χ2n) is 5.02. The Morgan fingerprint density at radius 2 is 1.70 bits per heavy atom. The van der Waals surface area contributed by atoms with E-state index in [9.17, 15) is 0 Å². The minimum atomic E-state index is -0.143. The third kappa shape index (κ3) is 2.60. The molecule has 100 valence electrons. The number of benzene rings is 2. The number of hydrogen-bond donors (Lipinski definition) is 1. The summed E-state index contributed by atoms with van der Waals surface area (Å²) >= 11 is 3.49. The van der Waals surface area contributed by atoms with E-state index < -0.39 is 0 Å². The zero-order chi connectivity index (χ0) is 14.1. The van der Waals surface area contributed by atoms with Crippen LogP contribution in [0.15, 0.2) is 59.3 Å². The van der Waals surface area contributed by atoms with Crippen molar-refractivity contribution in [3.8, 4) is 0 Å². The molecule has 1 aromatic heterocycles. The number of aromatic nitrogens is 1. The van der Waals surface area contributed by atoms with Crippen LogP contribution in [-0.2, 0) is 0 Å². The second-order valence-corrected chi connectivity index (χ2v) is 5.94. The molecule has 20 heavy (non-hydrogen) atoms. The van der Waals surface area contributed by atoms with Gasteiger partial charge in [0.25, 0.3) is 0 Å². The maximum Gasteiger partial charge on any atom is 0.0567 e. The normalized spacial score (nSPS) is 12.6. The Labute approximate surface area is 126 Å². The fourth-order valence-corrected chi connectivity index (χ4v) is 2.75. The summed E-state index contributed by atoms with van der Waals surface area (Å²) < 4.78 is 1.09. The first-order valence-corrected chi connectivity index (χ1v) is 7.29. The summed E-state index contributed by atoms with van der Waals surface area (Å²) in [5, 5.41) is 2.40. The number of fused-ring (bicyclic) bond motifs is 1. The SMILES string of the molecule is Cc1cncc(C(N)c2ccc3cc(Br)ccc3c2)c1. The van der Waals surface area contributed by atoms with Gasteiger partial charge in [-0.15, -0.1) is 0 Å². The van der Waals surface area contributed by atoms with Gasteiger partial charge in [-0.1, -0.05) is 40.2 Å². The Kier molecular flexibility index (Phi) is 3.55. The smallest absolute Gasteiger partial charge is 0.0567 e. The summed E-state index contributed by atoms with van der Waals surface area (Å²) in [7, 11) is 0. The molecule has 0 saturated carbocycles. The van der Waals surface area contributed by atoms with Crippen LogP contribution in [0.3, 0.4) is 0 Å². The van der Waals surface area contributed by atoms with Gasteiger partial charge in [-0.05, 0) is 52.6 Å². The third-order valence-electron chi connectivity index (χ3n) is 3.44. The predicted molar refractivity (Wildman–Crippen MR) is 86.7 cm³/mol. The van der Waals surface area contributed by atoms with Gasteiger partial charge in [-0.25, -0.2) is 0 Å². The Morgan fingerprint density at radius 1 is 0.950 bits per heavy atom. The van der Waals surface area contributed by atoms with Gasteiger partial charge in [0.15, 0.2) is 0 Å². The molecule has 0 saturated heterocycles. The largest absolute Gasteiger partial charge is 0.320 e. The first-order valence-electron chi connectivity index (χ1n) is 6.50. The number of nitrogens with zero attached hydrogens (tertiary/aromatic N) is 1. The van der Waals surface area contributed by atoms with Crippen LogP contribution in [0.2, 0.25) is 0 Å². The molecule has 0 amide bonds. The monoisotopic (exact) mass is 326 g/mol. The molecule has 0 aliphatic carbocycles. The lowest BCUT2D eigenvalue weighted by Crippen LogP contribution is -2.12. The molecule has 3 heteroatoms. The van der Waals surface area contributed by atoms with Gasteiger partial charge in [0.05, 0.1) is 6.04 Å². The lowest BCUT2D eigenvalue weighted by Gasteiger charge is -2.13. The molecule has 0 fully saturated rings. The number of halogens is 1. The van der Waals surface area contributed by atoms with Gasteiger partial charge in [-0.3, -0.25) is 4.98 Å². The molecule has 3 aromatic rings. The van der Waals surface area contributed by atoms with E-state index in [0.717, 1.165) is 21.2 Å². The molecule has 2 nitrogen and oxygen atoms in total. The molecule has 2 N–H and O–H groups in total. The quantitative estimate of drug-likeness (QED) is 0.760. The van der Waals surface area contributed by atoms with E-state index >= 15 is 0 Å². The molecule has 0 spiro atoms. The maximum atomic E-state index is 6.36. The van der Waals surface area contributed by atoms with Crippen molar-refractivity contribution in [3.63, 3.8) is 0 Å². The van der Waals surface area contributed by atoms with Crippen LogP contribution in [0, 0.1) is 6.92 Å². The van der Waals surface area contributed by atoms with E-state index in [0.29, 0.717) is 0 Å². The average molecular weight is 327 g/mol. The molecule has 0 bridgehead atoms. The maximum absolute atomic E-state index is 6.36. The number of aryl methyl sites for hydroxylation is 1. The van der Waals surface area contributed by atoms with E-state index in [-0.39, 0.29) is 6.04 Å². The molecule has 0 radical (unpaired) electrons. The fourth-order valence-electron chi connectivity index (χ4n) is 2.37. The predicted octanol–water partition coefficient (Wildman–Crippen LogP) is 4.35. The summed E-state index contributed by atoms with van der Waals surface area (Å²) in [6, 6.07) is 14.5. The van der Waals surface area contributed by atoms with Crippen LogP contribution < -0.4 is 5.73 Å². The minimum absolute atomic E-state index is 0.143. The van der Waals surface area contributed by atoms with Gasteiger partial charge in [0.1, 0.15) is 0 Å². The molecule has 0 aliphatic heterocycles. The molecule has 1 unspecified atom stereocenters. The van der Waals surface area contributed by atoms with E-state index in [1.165, 1.54) is 10.8 Å². The van der Waals surface area contributed by atoms with Gasteiger partial charge >= 0.3 is 0 Å². The Morgan fingerprint density at radius 3 is 2.50 bits per heavy atom. The fraction of sp³-hybridized carbons (Fsp3) is 0.118. The first-order chi connectivity index (χ1) is 9.63. The van der Waals surface area contributed by atoms with E-state index in [2.05, 4.69) is 57.3 Å². The van der Waals surface area contributed by atoms with Crippen LogP contribution in [0.4, 0.5) is 0 Å². The Balaban J connectivity index is 2.03. The third-order valence-corrected chi connectivity index (χ3v) is 3.93. The van der Waals surface area contributed by atoms with Crippen molar-refractivity contribution >= 4 is 26.7 Å². The van der Waals surface area contributed by atoms with Gasteiger partial charge in [0.2, 0.25) is 0 Å². The van der Waals surface area contributed by atoms with Crippen molar-refractivity contribution in [1.82, 2.24) is 4.98 Å². The summed E-state index contributed by atoms with van der Waals surface area (Å²) in [5.74, 6) is 0. The molecule has 1 atom stereocenters. The van der Waals surface area contributed by atoms with E-state index in [1.807, 2.05) is 25.4 Å². The van der Waals surface area contributed by atoms with Crippen LogP contribution in [0.1, 0.15) is 22.7 Å². The van der Waals surface area contributed by atoms with Crippen molar-refractivity contribution in [3.05, 3.63) is 76.0 Å². The summed E-state index contributed by atoms with van der Waals surface area (Å²) in [5.41, 5.74) is 9.63. The molecule has 1 heterocycles. The molecular weight excluding hydrogens is 312 g/mol. The molecule has 3 rings (SSSR count). The van der Waals surface area contributed by atoms with Crippen LogP contribution in [-0.4, -0.2) is 4.98 Å². The zero-order valence-electron chi connectivity index (χ0n) is 11.2. The Hall–Kier alpha value is -1.71. The van der Waals surface area contributed by atoms with E-state index in [4.69, 9.17) is 5.73 Å². The average Bonchev–Trinajstić information content (AvgIpc) is 2.46. The number of pyridine rings is 1. The summed E-state index contributed by atoms with van der Waals surface area (Å²) in [6.07, 6.45) is 3.68. The highest BCUT2D eigenvalue weighted by Gasteiger charge is 2.10.